The van der Waals surface area contributed by atoms with Crippen LogP contribution in [-0.4, -0.2) is 58.1 Å². The quantitative estimate of drug-likeness (QED) is 0.758. The lowest BCUT2D eigenvalue weighted by atomic mass is 10.1. The number of hydrogen-bond acceptors (Lipinski definition) is 3. The third-order valence-corrected chi connectivity index (χ3v) is 4.50. The number of anilines is 1. The third-order valence-electron chi connectivity index (χ3n) is 4.50. The molecule has 0 radical (unpaired) electrons. The molecule has 0 fully saturated rings. The summed E-state index contributed by atoms with van der Waals surface area (Å²) in [4.78, 5) is 9.63. The van der Waals surface area contributed by atoms with E-state index in [1.807, 2.05) is 7.05 Å². The van der Waals surface area contributed by atoms with Gasteiger partial charge in [-0.3, -0.25) is 4.99 Å². The molecule has 2 aromatic rings. The minimum Gasteiger partial charge on any atom is -0.326 e. The van der Waals surface area contributed by atoms with Crippen molar-refractivity contribution in [1.29, 1.82) is 0 Å². The molecule has 1 N–H and O–H groups in total. The molecule has 4 heteroatoms. The molecule has 3 rings (SSSR count). The minimum atomic E-state index is 0.866. The predicted molar refractivity (Wildman–Crippen MR) is 104 cm³/mol. The molecule has 0 amide bonds. The van der Waals surface area contributed by atoms with Gasteiger partial charge < -0.3 is 15.1 Å². The summed E-state index contributed by atoms with van der Waals surface area (Å²) in [6.07, 6.45) is 2.20. The molecular weight excluding hydrogens is 296 g/mol. The topological polar surface area (TPSA) is 30.9 Å². The molecule has 0 aliphatic carbocycles. The van der Waals surface area contributed by atoms with Gasteiger partial charge in [0.2, 0.25) is 0 Å². The lowest BCUT2D eigenvalue weighted by molar-refractivity contribution is 0.403. The molecule has 0 saturated heterocycles. The fourth-order valence-corrected chi connectivity index (χ4v) is 3.37. The van der Waals surface area contributed by atoms with E-state index < -0.39 is 0 Å². The van der Waals surface area contributed by atoms with Crippen LogP contribution in [0.4, 0.5) is 5.69 Å². The van der Waals surface area contributed by atoms with Crippen LogP contribution in [0.1, 0.15) is 18.4 Å². The largest absolute Gasteiger partial charge is 0.326 e. The molecule has 0 bridgehead atoms. The highest BCUT2D eigenvalue weighted by atomic mass is 15.2. The van der Waals surface area contributed by atoms with Gasteiger partial charge in [0, 0.05) is 24.0 Å². The Bertz CT molecular complexity index is 715. The first kappa shape index (κ1) is 16.9. The van der Waals surface area contributed by atoms with Gasteiger partial charge in [0.05, 0.1) is 5.69 Å². The predicted octanol–water partition coefficient (Wildman–Crippen LogP) is 2.97. The van der Waals surface area contributed by atoms with Gasteiger partial charge in [0.15, 0.2) is 0 Å². The highest BCUT2D eigenvalue weighted by molar-refractivity contribution is 6.27. The maximum absolute atomic E-state index is 4.97. The zero-order valence-corrected chi connectivity index (χ0v) is 15.0. The molecule has 24 heavy (non-hydrogen) atoms. The van der Waals surface area contributed by atoms with Gasteiger partial charge in [-0.1, -0.05) is 30.3 Å². The fourth-order valence-electron chi connectivity index (χ4n) is 3.37. The van der Waals surface area contributed by atoms with Crippen LogP contribution in [0.25, 0.3) is 10.8 Å². The molecule has 0 saturated carbocycles. The molecule has 4 nitrogen and oxygen atoms in total. The summed E-state index contributed by atoms with van der Waals surface area (Å²) in [7, 11) is 6.26. The van der Waals surface area contributed by atoms with Crippen molar-refractivity contribution in [2.24, 2.45) is 4.99 Å². The number of hydrogen-bond donors (Lipinski definition) is 1. The Balaban J connectivity index is 1.90. The van der Waals surface area contributed by atoms with Crippen LogP contribution >= 0.6 is 0 Å². The maximum Gasteiger partial charge on any atom is 0.136 e. The smallest absolute Gasteiger partial charge is 0.136 e. The van der Waals surface area contributed by atoms with Crippen LogP contribution < -0.4 is 10.2 Å². The zero-order valence-electron chi connectivity index (χ0n) is 15.0. The number of aliphatic imine (C=N–C) groups is 1. The number of nitrogens with one attached hydrogen (secondary N) is 1. The van der Waals surface area contributed by atoms with Crippen molar-refractivity contribution in [2.45, 2.75) is 12.8 Å². The van der Waals surface area contributed by atoms with E-state index in [1.54, 1.807) is 0 Å². The summed E-state index contributed by atoms with van der Waals surface area (Å²) >= 11 is 0. The van der Waals surface area contributed by atoms with E-state index in [4.69, 9.17) is 4.99 Å². The Morgan fingerprint density at radius 2 is 1.88 bits per heavy atom. The second-order valence-corrected chi connectivity index (χ2v) is 6.65. The Labute approximate surface area is 145 Å². The van der Waals surface area contributed by atoms with Crippen molar-refractivity contribution < 1.29 is 0 Å². The van der Waals surface area contributed by atoms with Gasteiger partial charge in [-0.25, -0.2) is 0 Å². The first-order valence-electron chi connectivity index (χ1n) is 8.86. The van der Waals surface area contributed by atoms with Crippen molar-refractivity contribution in [2.75, 3.05) is 52.2 Å². The Kier molecular flexibility index (Phi) is 5.48. The normalized spacial score (nSPS) is 15.2. The van der Waals surface area contributed by atoms with Crippen LogP contribution in [0, 0.1) is 0 Å². The van der Waals surface area contributed by atoms with Crippen LogP contribution in [0.15, 0.2) is 41.4 Å². The second kappa shape index (κ2) is 7.77. The van der Waals surface area contributed by atoms with E-state index >= 15 is 0 Å². The average molecular weight is 324 g/mol. The van der Waals surface area contributed by atoms with E-state index in [1.165, 1.54) is 22.0 Å². The van der Waals surface area contributed by atoms with Crippen LogP contribution in [-0.2, 0) is 0 Å². The van der Waals surface area contributed by atoms with Crippen molar-refractivity contribution in [3.8, 4) is 0 Å². The van der Waals surface area contributed by atoms with Gasteiger partial charge in [-0.15, -0.1) is 0 Å². The van der Waals surface area contributed by atoms with Gasteiger partial charge >= 0.3 is 0 Å². The number of amidine groups is 1. The molecule has 0 aromatic heterocycles. The van der Waals surface area contributed by atoms with E-state index in [-0.39, 0.29) is 0 Å². The molecular formula is C20H28N4. The molecule has 128 valence electrons. The van der Waals surface area contributed by atoms with E-state index in [2.05, 4.69) is 65.6 Å². The summed E-state index contributed by atoms with van der Waals surface area (Å²) < 4.78 is 0. The van der Waals surface area contributed by atoms with Gasteiger partial charge in [-0.05, 0) is 58.5 Å². The number of rotatable bonds is 8. The van der Waals surface area contributed by atoms with Crippen LogP contribution in [0.2, 0.25) is 0 Å². The molecule has 0 spiro atoms. The standard InChI is InChI=1S/C20H28N4/c1-21-12-6-13-22-20-17-10-4-8-16-9-5-11-18(19(16)17)24(20)15-7-14-23(2)3/h4-5,8-11,21H,6-7,12-15H2,1-3H3. The fraction of sp³-hybridized carbons (Fsp3) is 0.450. The van der Waals surface area contributed by atoms with Crippen molar-refractivity contribution in [1.82, 2.24) is 10.2 Å². The Morgan fingerprint density at radius 3 is 2.62 bits per heavy atom. The summed E-state index contributed by atoms with van der Waals surface area (Å²) in [6.45, 7) is 3.98. The van der Waals surface area contributed by atoms with Gasteiger partial charge in [0.1, 0.15) is 5.84 Å². The highest BCUT2D eigenvalue weighted by Crippen LogP contribution is 2.37. The zero-order chi connectivity index (χ0) is 16.9. The highest BCUT2D eigenvalue weighted by Gasteiger charge is 2.27. The summed E-state index contributed by atoms with van der Waals surface area (Å²) in [5.74, 6) is 1.15. The third kappa shape index (κ3) is 3.45. The summed E-state index contributed by atoms with van der Waals surface area (Å²) in [6, 6.07) is 13.2. The first-order valence-corrected chi connectivity index (χ1v) is 8.86. The van der Waals surface area contributed by atoms with E-state index in [0.29, 0.717) is 0 Å². The minimum absolute atomic E-state index is 0.866. The number of nitrogens with zero attached hydrogens (tertiary/aromatic N) is 3. The monoisotopic (exact) mass is 324 g/mol. The van der Waals surface area contributed by atoms with Gasteiger partial charge in [-0.2, -0.15) is 0 Å². The van der Waals surface area contributed by atoms with E-state index in [0.717, 1.165) is 44.9 Å². The summed E-state index contributed by atoms with van der Waals surface area (Å²) in [5.41, 5.74) is 2.60. The average Bonchev–Trinajstić information content (AvgIpc) is 2.87. The lowest BCUT2D eigenvalue weighted by Crippen LogP contribution is -2.31. The second-order valence-electron chi connectivity index (χ2n) is 6.65. The van der Waals surface area contributed by atoms with Crippen molar-refractivity contribution >= 4 is 22.3 Å². The Hall–Kier alpha value is -1.91. The molecule has 1 heterocycles. The van der Waals surface area contributed by atoms with E-state index in [9.17, 15) is 0 Å². The van der Waals surface area contributed by atoms with Crippen LogP contribution in [0.3, 0.4) is 0 Å². The maximum atomic E-state index is 4.97. The van der Waals surface area contributed by atoms with Crippen molar-refractivity contribution in [3.63, 3.8) is 0 Å². The van der Waals surface area contributed by atoms with Crippen LogP contribution in [0.5, 0.6) is 0 Å². The number of benzene rings is 2. The lowest BCUT2D eigenvalue weighted by Gasteiger charge is -2.22. The SMILES string of the molecule is CNCCCN=C1c2cccc3cccc(c23)N1CCCN(C)C. The van der Waals surface area contributed by atoms with Crippen molar-refractivity contribution in [3.05, 3.63) is 42.0 Å². The molecule has 1 aliphatic heterocycles. The molecule has 0 unspecified atom stereocenters. The summed E-state index contributed by atoms with van der Waals surface area (Å²) in [5, 5.41) is 5.87. The molecule has 2 aromatic carbocycles. The first-order chi connectivity index (χ1) is 11.7. The van der Waals surface area contributed by atoms with Gasteiger partial charge in [0.25, 0.3) is 0 Å². The molecule has 1 aliphatic rings. The molecule has 0 atom stereocenters. The Morgan fingerprint density at radius 1 is 1.08 bits per heavy atom.